The third-order valence-corrected chi connectivity index (χ3v) is 6.84. The molecule has 1 aliphatic carbocycles. The second-order valence-corrected chi connectivity index (χ2v) is 9.00. The van der Waals surface area contributed by atoms with Crippen molar-refractivity contribution in [2.75, 3.05) is 13.7 Å². The van der Waals surface area contributed by atoms with Crippen LogP contribution in [-0.2, 0) is 0 Å². The number of methoxy groups -OCH3 is 1. The zero-order chi connectivity index (χ0) is 19.7. The zero-order valence-corrected chi connectivity index (χ0v) is 17.7. The standard InChI is InChI=1S/C25H33NO2/c1-18(2)26-16-15-25(3)17-21(13-14-24(25)26)28-20-11-9-19(10-12-20)22-7-5-6-8-23(22)27-4/h5-12,18,21,24H,13-17H2,1-4H3. The van der Waals surface area contributed by atoms with E-state index >= 15 is 0 Å². The topological polar surface area (TPSA) is 21.7 Å². The van der Waals surface area contributed by atoms with Crippen LogP contribution in [0, 0.1) is 5.41 Å². The molecule has 28 heavy (non-hydrogen) atoms. The highest BCUT2D eigenvalue weighted by atomic mass is 16.5. The number of benzene rings is 2. The van der Waals surface area contributed by atoms with Gasteiger partial charge in [-0.2, -0.15) is 0 Å². The molecule has 1 aliphatic heterocycles. The zero-order valence-electron chi connectivity index (χ0n) is 17.7. The Bertz CT molecular complexity index is 800. The van der Waals surface area contributed by atoms with Crippen LogP contribution in [0.5, 0.6) is 11.5 Å². The molecule has 2 aromatic rings. The molecule has 2 aliphatic rings. The van der Waals surface area contributed by atoms with Crippen LogP contribution in [0.15, 0.2) is 48.5 Å². The van der Waals surface area contributed by atoms with Gasteiger partial charge in [0.1, 0.15) is 11.5 Å². The molecule has 4 rings (SSSR count). The number of hydrogen-bond donors (Lipinski definition) is 0. The van der Waals surface area contributed by atoms with Gasteiger partial charge in [-0.3, -0.25) is 4.90 Å². The Labute approximate surface area is 169 Å². The Hall–Kier alpha value is -2.00. The van der Waals surface area contributed by atoms with Gasteiger partial charge in [-0.1, -0.05) is 37.3 Å². The van der Waals surface area contributed by atoms with Gasteiger partial charge >= 0.3 is 0 Å². The molecule has 0 N–H and O–H groups in total. The van der Waals surface area contributed by atoms with Crippen molar-refractivity contribution in [1.29, 1.82) is 0 Å². The molecule has 0 bridgehead atoms. The Morgan fingerprint density at radius 1 is 1.04 bits per heavy atom. The first kappa shape index (κ1) is 19.3. The minimum absolute atomic E-state index is 0.325. The van der Waals surface area contributed by atoms with Crippen molar-refractivity contribution in [1.82, 2.24) is 4.90 Å². The molecule has 150 valence electrons. The third-order valence-electron chi connectivity index (χ3n) is 6.84. The van der Waals surface area contributed by atoms with Crippen LogP contribution in [0.3, 0.4) is 0 Å². The average Bonchev–Trinajstić information content (AvgIpc) is 3.05. The van der Waals surface area contributed by atoms with Gasteiger partial charge in [-0.05, 0) is 75.3 Å². The van der Waals surface area contributed by atoms with Crippen molar-refractivity contribution >= 4 is 0 Å². The highest BCUT2D eigenvalue weighted by molar-refractivity contribution is 5.70. The molecule has 1 saturated heterocycles. The normalized spacial score (nSPS) is 27.6. The minimum atomic E-state index is 0.325. The maximum absolute atomic E-state index is 6.42. The van der Waals surface area contributed by atoms with Gasteiger partial charge in [0.15, 0.2) is 0 Å². The summed E-state index contributed by atoms with van der Waals surface area (Å²) in [6, 6.07) is 18.0. The van der Waals surface area contributed by atoms with Crippen LogP contribution in [0.1, 0.15) is 46.5 Å². The molecule has 3 heteroatoms. The quantitative estimate of drug-likeness (QED) is 0.657. The summed E-state index contributed by atoms with van der Waals surface area (Å²) in [5.74, 6) is 1.88. The summed E-state index contributed by atoms with van der Waals surface area (Å²) in [5.41, 5.74) is 2.66. The maximum atomic E-state index is 6.42. The number of likely N-dealkylation sites (tertiary alicyclic amines) is 1. The molecule has 0 aromatic heterocycles. The lowest BCUT2D eigenvalue weighted by Crippen LogP contribution is -2.47. The largest absolute Gasteiger partial charge is 0.496 e. The van der Waals surface area contributed by atoms with Crippen molar-refractivity contribution in [3.8, 4) is 22.6 Å². The van der Waals surface area contributed by atoms with Crippen molar-refractivity contribution in [2.45, 2.75) is 64.6 Å². The number of nitrogens with zero attached hydrogens (tertiary/aromatic N) is 1. The Balaban J connectivity index is 1.43. The van der Waals surface area contributed by atoms with Gasteiger partial charge in [-0.25, -0.2) is 0 Å². The van der Waals surface area contributed by atoms with E-state index in [0.717, 1.165) is 41.5 Å². The van der Waals surface area contributed by atoms with E-state index in [9.17, 15) is 0 Å². The van der Waals surface area contributed by atoms with E-state index in [2.05, 4.69) is 56.0 Å². The fraction of sp³-hybridized carbons (Fsp3) is 0.520. The second kappa shape index (κ2) is 7.79. The average molecular weight is 380 g/mol. The van der Waals surface area contributed by atoms with Crippen molar-refractivity contribution in [3.63, 3.8) is 0 Å². The number of para-hydroxylation sites is 1. The van der Waals surface area contributed by atoms with Gasteiger partial charge in [0.2, 0.25) is 0 Å². The van der Waals surface area contributed by atoms with Crippen molar-refractivity contribution < 1.29 is 9.47 Å². The first-order chi connectivity index (χ1) is 13.5. The molecule has 0 spiro atoms. The van der Waals surface area contributed by atoms with Gasteiger partial charge in [0.05, 0.1) is 13.2 Å². The molecule has 0 amide bonds. The van der Waals surface area contributed by atoms with Crippen LogP contribution in [-0.4, -0.2) is 36.7 Å². The van der Waals surface area contributed by atoms with Crippen LogP contribution in [0.25, 0.3) is 11.1 Å². The van der Waals surface area contributed by atoms with E-state index in [1.807, 2.05) is 18.2 Å². The Morgan fingerprint density at radius 3 is 2.50 bits per heavy atom. The summed E-state index contributed by atoms with van der Waals surface area (Å²) in [6.07, 6.45) is 5.18. The molecule has 2 aromatic carbocycles. The SMILES string of the molecule is COc1ccccc1-c1ccc(OC2CCC3N(C(C)C)CCC3(C)C2)cc1. The lowest BCUT2D eigenvalue weighted by atomic mass is 9.70. The lowest BCUT2D eigenvalue weighted by molar-refractivity contribution is 0.0274. The summed E-state index contributed by atoms with van der Waals surface area (Å²) < 4.78 is 11.9. The highest BCUT2D eigenvalue weighted by Crippen LogP contribution is 2.48. The number of ether oxygens (including phenoxy) is 2. The Morgan fingerprint density at radius 2 is 1.79 bits per heavy atom. The fourth-order valence-electron chi connectivity index (χ4n) is 5.33. The second-order valence-electron chi connectivity index (χ2n) is 9.00. The summed E-state index contributed by atoms with van der Waals surface area (Å²) in [7, 11) is 1.72. The molecule has 0 radical (unpaired) electrons. The molecule has 3 unspecified atom stereocenters. The third kappa shape index (κ3) is 3.65. The first-order valence-corrected chi connectivity index (χ1v) is 10.7. The number of fused-ring (bicyclic) bond motifs is 1. The predicted octanol–water partition coefficient (Wildman–Crippen LogP) is 5.78. The Kier molecular flexibility index (Phi) is 5.37. The van der Waals surface area contributed by atoms with Crippen LogP contribution in [0.4, 0.5) is 0 Å². The van der Waals surface area contributed by atoms with E-state index in [1.54, 1.807) is 7.11 Å². The van der Waals surface area contributed by atoms with E-state index in [4.69, 9.17) is 9.47 Å². The van der Waals surface area contributed by atoms with E-state index in [0.29, 0.717) is 17.6 Å². The van der Waals surface area contributed by atoms with Crippen molar-refractivity contribution in [3.05, 3.63) is 48.5 Å². The molecule has 2 fully saturated rings. The van der Waals surface area contributed by atoms with E-state index < -0.39 is 0 Å². The van der Waals surface area contributed by atoms with Gasteiger partial charge in [0.25, 0.3) is 0 Å². The highest BCUT2D eigenvalue weighted by Gasteiger charge is 2.48. The van der Waals surface area contributed by atoms with Crippen molar-refractivity contribution in [2.24, 2.45) is 5.41 Å². The predicted molar refractivity (Wildman–Crippen MR) is 115 cm³/mol. The molecule has 3 atom stereocenters. The lowest BCUT2D eigenvalue weighted by Gasteiger charge is -2.43. The summed E-state index contributed by atoms with van der Waals surface area (Å²) in [6.45, 7) is 8.37. The smallest absolute Gasteiger partial charge is 0.126 e. The summed E-state index contributed by atoms with van der Waals surface area (Å²) in [5, 5.41) is 0. The van der Waals surface area contributed by atoms with Crippen LogP contribution >= 0.6 is 0 Å². The van der Waals surface area contributed by atoms with E-state index in [1.165, 1.54) is 19.4 Å². The molecule has 1 saturated carbocycles. The number of hydrogen-bond acceptors (Lipinski definition) is 3. The van der Waals surface area contributed by atoms with Crippen LogP contribution in [0.2, 0.25) is 0 Å². The van der Waals surface area contributed by atoms with Gasteiger partial charge < -0.3 is 9.47 Å². The summed E-state index contributed by atoms with van der Waals surface area (Å²) in [4.78, 5) is 2.71. The summed E-state index contributed by atoms with van der Waals surface area (Å²) >= 11 is 0. The van der Waals surface area contributed by atoms with E-state index in [-0.39, 0.29) is 0 Å². The molecule has 1 heterocycles. The van der Waals surface area contributed by atoms with Gasteiger partial charge in [0, 0.05) is 17.6 Å². The molecule has 3 nitrogen and oxygen atoms in total. The molecular formula is C25H33NO2. The maximum Gasteiger partial charge on any atom is 0.126 e. The molecular weight excluding hydrogens is 346 g/mol. The number of rotatable bonds is 5. The monoisotopic (exact) mass is 379 g/mol. The minimum Gasteiger partial charge on any atom is -0.496 e. The van der Waals surface area contributed by atoms with Crippen LogP contribution < -0.4 is 9.47 Å². The van der Waals surface area contributed by atoms with Gasteiger partial charge in [-0.15, -0.1) is 0 Å². The fourth-order valence-corrected chi connectivity index (χ4v) is 5.33. The first-order valence-electron chi connectivity index (χ1n) is 10.7.